The second-order valence-corrected chi connectivity index (χ2v) is 9.56. The molecule has 6 nitrogen and oxygen atoms in total. The van der Waals surface area contributed by atoms with Gasteiger partial charge in [-0.05, 0) is 66.1 Å². The molecule has 0 atom stereocenters. The third kappa shape index (κ3) is 5.58. The number of hydrogen-bond acceptors (Lipinski definition) is 4. The van der Waals surface area contributed by atoms with Crippen LogP contribution in [0, 0.1) is 0 Å². The van der Waals surface area contributed by atoms with E-state index in [4.69, 9.17) is 23.8 Å². The summed E-state index contributed by atoms with van der Waals surface area (Å²) in [5.41, 5.74) is 3.07. The van der Waals surface area contributed by atoms with Crippen LogP contribution in [0.15, 0.2) is 91.0 Å². The van der Waals surface area contributed by atoms with Crippen LogP contribution in [-0.4, -0.2) is 48.0 Å². The maximum Gasteiger partial charge on any atom is 0.258 e. The number of halogens is 1. The van der Waals surface area contributed by atoms with Gasteiger partial charge in [-0.3, -0.25) is 14.9 Å². The number of anilines is 2. The topological polar surface area (TPSA) is 64.7 Å². The molecule has 1 saturated heterocycles. The van der Waals surface area contributed by atoms with E-state index in [2.05, 4.69) is 15.5 Å². The first-order valence-corrected chi connectivity index (χ1v) is 12.8. The van der Waals surface area contributed by atoms with Crippen molar-refractivity contribution in [3.8, 4) is 0 Å². The largest absolute Gasteiger partial charge is 0.368 e. The molecule has 0 spiro atoms. The highest BCUT2D eigenvalue weighted by Gasteiger charge is 2.22. The monoisotopic (exact) mass is 528 g/mol. The highest BCUT2D eigenvalue weighted by atomic mass is 35.5. The van der Waals surface area contributed by atoms with Crippen molar-refractivity contribution < 1.29 is 9.59 Å². The fourth-order valence-corrected chi connectivity index (χ4v) is 4.94. The lowest BCUT2D eigenvalue weighted by Crippen LogP contribution is -2.48. The van der Waals surface area contributed by atoms with E-state index in [1.807, 2.05) is 77.7 Å². The molecule has 37 heavy (non-hydrogen) atoms. The molecule has 1 fully saturated rings. The maximum absolute atomic E-state index is 12.9. The molecule has 8 heteroatoms. The number of rotatable bonds is 4. The lowest BCUT2D eigenvalue weighted by molar-refractivity contribution is 0.0746. The van der Waals surface area contributed by atoms with Crippen LogP contribution in [0.5, 0.6) is 0 Å². The lowest BCUT2D eigenvalue weighted by atomic mass is 10.0. The average molecular weight is 529 g/mol. The minimum Gasteiger partial charge on any atom is -0.368 e. The van der Waals surface area contributed by atoms with Crippen molar-refractivity contribution in [3.63, 3.8) is 0 Å². The van der Waals surface area contributed by atoms with Gasteiger partial charge in [0.15, 0.2) is 5.11 Å². The van der Waals surface area contributed by atoms with Crippen molar-refractivity contribution in [2.24, 2.45) is 0 Å². The van der Waals surface area contributed by atoms with Gasteiger partial charge < -0.3 is 15.1 Å². The number of nitrogens with zero attached hydrogens (tertiary/aromatic N) is 2. The van der Waals surface area contributed by atoms with Gasteiger partial charge in [0.1, 0.15) is 0 Å². The van der Waals surface area contributed by atoms with Crippen LogP contribution in [0.1, 0.15) is 20.7 Å². The first-order chi connectivity index (χ1) is 18.0. The van der Waals surface area contributed by atoms with Gasteiger partial charge in [0.2, 0.25) is 0 Å². The van der Waals surface area contributed by atoms with Crippen molar-refractivity contribution in [3.05, 3.63) is 107 Å². The van der Waals surface area contributed by atoms with Crippen molar-refractivity contribution in [2.75, 3.05) is 36.4 Å². The molecule has 4 aromatic rings. The SMILES string of the molecule is O=C(NC(=S)Nc1ccc(N2CCN(C(=O)c3ccccc3)CC2)cc1)c1cccc2c(Cl)cccc12. The van der Waals surface area contributed by atoms with Crippen LogP contribution in [0.4, 0.5) is 11.4 Å². The van der Waals surface area contributed by atoms with Crippen molar-refractivity contribution >= 4 is 62.9 Å². The second kappa shape index (κ2) is 11.0. The van der Waals surface area contributed by atoms with Gasteiger partial charge in [-0.25, -0.2) is 0 Å². The van der Waals surface area contributed by atoms with Gasteiger partial charge in [-0.1, -0.05) is 54.1 Å². The van der Waals surface area contributed by atoms with Crippen molar-refractivity contribution in [1.82, 2.24) is 10.2 Å². The Morgan fingerprint density at radius 2 is 1.43 bits per heavy atom. The summed E-state index contributed by atoms with van der Waals surface area (Å²) in [6.45, 7) is 2.86. The highest BCUT2D eigenvalue weighted by molar-refractivity contribution is 7.80. The molecule has 4 aromatic carbocycles. The number of benzene rings is 4. The van der Waals surface area contributed by atoms with Crippen LogP contribution in [0.3, 0.4) is 0 Å². The predicted molar refractivity (Wildman–Crippen MR) is 154 cm³/mol. The number of fused-ring (bicyclic) bond motifs is 1. The molecule has 0 unspecified atom stereocenters. The molecule has 1 aliphatic rings. The molecule has 1 aliphatic heterocycles. The fourth-order valence-electron chi connectivity index (χ4n) is 4.49. The van der Waals surface area contributed by atoms with Gasteiger partial charge >= 0.3 is 0 Å². The number of hydrogen-bond donors (Lipinski definition) is 2. The summed E-state index contributed by atoms with van der Waals surface area (Å²) in [6.07, 6.45) is 0. The summed E-state index contributed by atoms with van der Waals surface area (Å²) in [7, 11) is 0. The Kier molecular flexibility index (Phi) is 7.35. The predicted octanol–water partition coefficient (Wildman–Crippen LogP) is 5.58. The van der Waals surface area contributed by atoms with Crippen molar-refractivity contribution in [2.45, 2.75) is 0 Å². The maximum atomic E-state index is 12.9. The summed E-state index contributed by atoms with van der Waals surface area (Å²) in [5, 5.41) is 8.22. The van der Waals surface area contributed by atoms with Gasteiger partial charge in [0.05, 0.1) is 0 Å². The molecule has 0 aliphatic carbocycles. The molecule has 0 aromatic heterocycles. The summed E-state index contributed by atoms with van der Waals surface area (Å²) < 4.78 is 0. The van der Waals surface area contributed by atoms with Gasteiger partial charge in [-0.15, -0.1) is 0 Å². The number of amides is 2. The quantitative estimate of drug-likeness (QED) is 0.338. The first kappa shape index (κ1) is 24.7. The molecule has 0 saturated carbocycles. The molecule has 2 N–H and O–H groups in total. The van der Waals surface area contributed by atoms with Gasteiger partial charge in [0.25, 0.3) is 11.8 Å². The summed E-state index contributed by atoms with van der Waals surface area (Å²) >= 11 is 11.7. The molecular weight excluding hydrogens is 504 g/mol. The Morgan fingerprint density at radius 1 is 0.757 bits per heavy atom. The fraction of sp³-hybridized carbons (Fsp3) is 0.138. The van der Waals surface area contributed by atoms with Gasteiger partial charge in [0, 0.05) is 59.1 Å². The van der Waals surface area contributed by atoms with Crippen molar-refractivity contribution in [1.29, 1.82) is 0 Å². The molecule has 5 rings (SSSR count). The summed E-state index contributed by atoms with van der Waals surface area (Å²) in [6, 6.07) is 28.2. The van der Waals surface area contributed by atoms with Crippen LogP contribution < -0.4 is 15.5 Å². The molecular formula is C29H25ClN4O2S. The molecule has 0 radical (unpaired) electrons. The number of piperazine rings is 1. The second-order valence-electron chi connectivity index (χ2n) is 8.74. The molecule has 0 bridgehead atoms. The lowest BCUT2D eigenvalue weighted by Gasteiger charge is -2.36. The number of carbonyl (C=O) groups is 2. The third-order valence-corrected chi connectivity index (χ3v) is 6.95. The first-order valence-electron chi connectivity index (χ1n) is 12.0. The Balaban J connectivity index is 1.16. The Morgan fingerprint density at radius 3 is 2.16 bits per heavy atom. The molecule has 1 heterocycles. The normalized spacial score (nSPS) is 13.3. The van der Waals surface area contributed by atoms with Crippen LogP contribution in [-0.2, 0) is 0 Å². The molecule has 186 valence electrons. The number of nitrogens with one attached hydrogen (secondary N) is 2. The van der Waals surface area contributed by atoms with E-state index in [0.29, 0.717) is 23.7 Å². The third-order valence-electron chi connectivity index (χ3n) is 6.42. The van der Waals surface area contributed by atoms with E-state index in [1.54, 1.807) is 18.2 Å². The minimum atomic E-state index is -0.301. The Labute approximate surface area is 225 Å². The van der Waals surface area contributed by atoms with E-state index in [0.717, 1.165) is 40.8 Å². The van der Waals surface area contributed by atoms with Crippen LogP contribution >= 0.6 is 23.8 Å². The van der Waals surface area contributed by atoms with Crippen LogP contribution in [0.25, 0.3) is 10.8 Å². The number of carbonyl (C=O) groups excluding carboxylic acids is 2. The standard InChI is InChI=1S/C29H25ClN4O2S/c30-26-11-5-8-23-24(26)9-4-10-25(23)27(35)32-29(37)31-21-12-14-22(15-13-21)33-16-18-34(19-17-33)28(36)20-6-2-1-3-7-20/h1-15H,16-19H2,(H2,31,32,35,37). The zero-order valence-corrected chi connectivity index (χ0v) is 21.6. The zero-order valence-electron chi connectivity index (χ0n) is 20.0. The Bertz CT molecular complexity index is 1450. The van der Waals surface area contributed by atoms with E-state index >= 15 is 0 Å². The number of thiocarbonyl (C=S) groups is 1. The zero-order chi connectivity index (χ0) is 25.8. The van der Waals surface area contributed by atoms with E-state index in [-0.39, 0.29) is 16.9 Å². The highest BCUT2D eigenvalue weighted by Crippen LogP contribution is 2.26. The van der Waals surface area contributed by atoms with E-state index < -0.39 is 0 Å². The molecule has 2 amide bonds. The van der Waals surface area contributed by atoms with E-state index in [9.17, 15) is 9.59 Å². The van der Waals surface area contributed by atoms with E-state index in [1.165, 1.54) is 0 Å². The Hall–Kier alpha value is -3.94. The van der Waals surface area contributed by atoms with Gasteiger partial charge in [-0.2, -0.15) is 0 Å². The average Bonchev–Trinajstić information content (AvgIpc) is 2.93. The summed E-state index contributed by atoms with van der Waals surface area (Å²) in [5.74, 6) is -0.230. The smallest absolute Gasteiger partial charge is 0.258 e. The van der Waals surface area contributed by atoms with Crippen LogP contribution in [0.2, 0.25) is 5.02 Å². The summed E-state index contributed by atoms with van der Waals surface area (Å²) in [4.78, 5) is 29.7. The minimum absolute atomic E-state index is 0.0713.